The molecule has 0 radical (unpaired) electrons. The van der Waals surface area contributed by atoms with Gasteiger partial charge in [-0.25, -0.2) is 0 Å². The van der Waals surface area contributed by atoms with Crippen LogP contribution in [-0.4, -0.2) is 62.7 Å². The van der Waals surface area contributed by atoms with Gasteiger partial charge in [0.1, 0.15) is 0 Å². The molecule has 1 rings (SSSR count). The molecule has 3 nitrogen and oxygen atoms in total. The van der Waals surface area contributed by atoms with Gasteiger partial charge < -0.3 is 15.1 Å². The van der Waals surface area contributed by atoms with Gasteiger partial charge in [-0.1, -0.05) is 6.92 Å². The lowest BCUT2D eigenvalue weighted by molar-refractivity contribution is 0.121. The fourth-order valence-corrected chi connectivity index (χ4v) is 2.51. The number of likely N-dealkylation sites (tertiary alicyclic amines) is 1. The second kappa shape index (κ2) is 6.58. The highest BCUT2D eigenvalue weighted by Crippen LogP contribution is 2.20. The van der Waals surface area contributed by atoms with Crippen molar-refractivity contribution in [3.8, 4) is 0 Å². The van der Waals surface area contributed by atoms with E-state index in [0.29, 0.717) is 6.04 Å². The van der Waals surface area contributed by atoms with E-state index >= 15 is 0 Å². The molecule has 3 atom stereocenters. The largest absolute Gasteiger partial charge is 0.314 e. The van der Waals surface area contributed by atoms with Crippen molar-refractivity contribution in [3.63, 3.8) is 0 Å². The summed E-state index contributed by atoms with van der Waals surface area (Å²) in [4.78, 5) is 4.73. The molecule has 0 amide bonds. The molecule has 1 aliphatic heterocycles. The van der Waals surface area contributed by atoms with Crippen LogP contribution in [-0.2, 0) is 0 Å². The summed E-state index contributed by atoms with van der Waals surface area (Å²) in [6, 6.07) is 1.44. The molecular weight excluding hydrogens is 198 g/mol. The zero-order valence-corrected chi connectivity index (χ0v) is 11.7. The smallest absolute Gasteiger partial charge is 0.0120 e. The number of nitrogens with one attached hydrogen (secondary N) is 1. The number of rotatable bonds is 5. The van der Waals surface area contributed by atoms with E-state index in [2.05, 4.69) is 50.1 Å². The molecule has 3 heteroatoms. The van der Waals surface area contributed by atoms with Gasteiger partial charge in [-0.15, -0.1) is 0 Å². The van der Waals surface area contributed by atoms with Gasteiger partial charge in [-0.05, 0) is 59.9 Å². The lowest BCUT2D eigenvalue weighted by Gasteiger charge is -2.40. The van der Waals surface area contributed by atoms with Gasteiger partial charge in [0, 0.05) is 18.6 Å². The first-order valence-electron chi connectivity index (χ1n) is 6.59. The zero-order valence-electron chi connectivity index (χ0n) is 11.7. The van der Waals surface area contributed by atoms with Crippen molar-refractivity contribution in [3.05, 3.63) is 0 Å². The number of hydrogen-bond donors (Lipinski definition) is 1. The van der Waals surface area contributed by atoms with Gasteiger partial charge in [-0.2, -0.15) is 0 Å². The van der Waals surface area contributed by atoms with Crippen molar-refractivity contribution < 1.29 is 0 Å². The summed E-state index contributed by atoms with van der Waals surface area (Å²) in [5, 5.41) is 3.72. The normalized spacial score (nSPS) is 32.2. The average molecular weight is 227 g/mol. The molecule has 0 aromatic rings. The fraction of sp³-hybridized carbons (Fsp3) is 1.00. The lowest BCUT2D eigenvalue weighted by atomic mass is 9.90. The summed E-state index contributed by atoms with van der Waals surface area (Å²) in [6.45, 7) is 8.27. The molecule has 1 aliphatic rings. The maximum absolute atomic E-state index is 3.72. The molecule has 0 aliphatic carbocycles. The molecule has 0 spiro atoms. The van der Waals surface area contributed by atoms with Crippen LogP contribution in [0.3, 0.4) is 0 Å². The molecule has 0 bridgehead atoms. The second-order valence-electron chi connectivity index (χ2n) is 5.72. The van der Waals surface area contributed by atoms with E-state index in [-0.39, 0.29) is 0 Å². The van der Waals surface area contributed by atoms with Crippen LogP contribution in [0.1, 0.15) is 26.7 Å². The van der Waals surface area contributed by atoms with Crippen LogP contribution < -0.4 is 5.32 Å². The molecule has 96 valence electrons. The minimum absolute atomic E-state index is 0.716. The van der Waals surface area contributed by atoms with Crippen LogP contribution in [0.2, 0.25) is 0 Å². The lowest BCUT2D eigenvalue weighted by Crippen LogP contribution is -2.51. The molecule has 1 heterocycles. The topological polar surface area (TPSA) is 18.5 Å². The number of nitrogens with zero attached hydrogens (tertiary/aromatic N) is 2. The highest BCUT2D eigenvalue weighted by atomic mass is 15.2. The van der Waals surface area contributed by atoms with Gasteiger partial charge in [0.05, 0.1) is 0 Å². The average Bonchev–Trinajstić information content (AvgIpc) is 2.19. The van der Waals surface area contributed by atoms with Crippen molar-refractivity contribution in [1.82, 2.24) is 15.1 Å². The van der Waals surface area contributed by atoms with Crippen LogP contribution in [0, 0.1) is 5.92 Å². The third kappa shape index (κ3) is 4.40. The zero-order chi connectivity index (χ0) is 12.1. The molecule has 0 saturated carbocycles. The Bertz CT molecular complexity index is 194. The Labute approximate surface area is 101 Å². The summed E-state index contributed by atoms with van der Waals surface area (Å²) in [7, 11) is 6.52. The van der Waals surface area contributed by atoms with Crippen molar-refractivity contribution >= 4 is 0 Å². The van der Waals surface area contributed by atoms with E-state index in [1.807, 2.05) is 0 Å². The molecular formula is C13H29N3. The van der Waals surface area contributed by atoms with E-state index in [9.17, 15) is 0 Å². The molecule has 1 saturated heterocycles. The van der Waals surface area contributed by atoms with Crippen molar-refractivity contribution in [2.75, 3.05) is 40.8 Å². The van der Waals surface area contributed by atoms with Gasteiger partial charge in [-0.3, -0.25) is 0 Å². The molecule has 16 heavy (non-hydrogen) atoms. The first-order valence-corrected chi connectivity index (χ1v) is 6.59. The maximum atomic E-state index is 3.72. The summed E-state index contributed by atoms with van der Waals surface area (Å²) in [6.07, 6.45) is 2.54. The fourth-order valence-electron chi connectivity index (χ4n) is 2.51. The van der Waals surface area contributed by atoms with Crippen LogP contribution >= 0.6 is 0 Å². The highest BCUT2D eigenvalue weighted by molar-refractivity contribution is 4.85. The summed E-state index contributed by atoms with van der Waals surface area (Å²) in [5.74, 6) is 0.778. The molecule has 0 unspecified atom stereocenters. The Morgan fingerprint density at radius 2 is 2.00 bits per heavy atom. The third-order valence-electron chi connectivity index (χ3n) is 3.80. The SMILES string of the molecule is C[C@@H]1CN(C)[C@@H](C)C[C@@H]1NCCCN(C)C. The first kappa shape index (κ1) is 13.9. The Morgan fingerprint density at radius 3 is 2.62 bits per heavy atom. The number of piperidine rings is 1. The van der Waals surface area contributed by atoms with E-state index in [4.69, 9.17) is 0 Å². The predicted molar refractivity (Wildman–Crippen MR) is 70.8 cm³/mol. The summed E-state index contributed by atoms with van der Waals surface area (Å²) >= 11 is 0. The van der Waals surface area contributed by atoms with Crippen molar-refractivity contribution in [2.24, 2.45) is 5.92 Å². The summed E-state index contributed by atoms with van der Waals surface area (Å²) in [5.41, 5.74) is 0. The monoisotopic (exact) mass is 227 g/mol. The van der Waals surface area contributed by atoms with E-state index in [0.717, 1.165) is 18.5 Å². The highest BCUT2D eigenvalue weighted by Gasteiger charge is 2.27. The summed E-state index contributed by atoms with van der Waals surface area (Å²) < 4.78 is 0. The van der Waals surface area contributed by atoms with E-state index in [1.165, 1.54) is 25.9 Å². The van der Waals surface area contributed by atoms with Gasteiger partial charge >= 0.3 is 0 Å². The number of hydrogen-bond acceptors (Lipinski definition) is 3. The third-order valence-corrected chi connectivity index (χ3v) is 3.80. The van der Waals surface area contributed by atoms with Gasteiger partial charge in [0.15, 0.2) is 0 Å². The van der Waals surface area contributed by atoms with Crippen LogP contribution in [0.4, 0.5) is 0 Å². The molecule has 1 fully saturated rings. The Morgan fingerprint density at radius 1 is 1.31 bits per heavy atom. The van der Waals surface area contributed by atoms with Gasteiger partial charge in [0.2, 0.25) is 0 Å². The second-order valence-corrected chi connectivity index (χ2v) is 5.72. The molecule has 0 aromatic heterocycles. The standard InChI is InChI=1S/C13H29N3/c1-11-10-16(5)12(2)9-13(11)14-7-6-8-15(3)4/h11-14H,6-10H2,1-5H3/t11-,12+,13+/m1/s1. The Hall–Kier alpha value is -0.120. The first-order chi connectivity index (χ1) is 7.50. The van der Waals surface area contributed by atoms with Crippen LogP contribution in [0.15, 0.2) is 0 Å². The molecule has 0 aromatic carbocycles. The predicted octanol–water partition coefficient (Wildman–Crippen LogP) is 1.26. The Balaban J connectivity index is 2.20. The van der Waals surface area contributed by atoms with E-state index < -0.39 is 0 Å². The maximum Gasteiger partial charge on any atom is 0.0120 e. The van der Waals surface area contributed by atoms with Crippen molar-refractivity contribution in [2.45, 2.75) is 38.8 Å². The van der Waals surface area contributed by atoms with E-state index in [1.54, 1.807) is 0 Å². The molecule has 1 N–H and O–H groups in total. The van der Waals surface area contributed by atoms with Crippen LogP contribution in [0.5, 0.6) is 0 Å². The minimum atomic E-state index is 0.716. The quantitative estimate of drug-likeness (QED) is 0.713. The Kier molecular flexibility index (Phi) is 5.73. The van der Waals surface area contributed by atoms with Crippen LogP contribution in [0.25, 0.3) is 0 Å². The van der Waals surface area contributed by atoms with Gasteiger partial charge in [0.25, 0.3) is 0 Å². The minimum Gasteiger partial charge on any atom is -0.314 e. The van der Waals surface area contributed by atoms with Crippen molar-refractivity contribution in [1.29, 1.82) is 0 Å².